The fourth-order valence-electron chi connectivity index (χ4n) is 2.64. The zero-order valence-corrected chi connectivity index (χ0v) is 21.6. The Bertz CT molecular complexity index is 1120. The predicted octanol–water partition coefficient (Wildman–Crippen LogP) is 4.63. The Labute approximate surface area is 208 Å². The van der Waals surface area contributed by atoms with Gasteiger partial charge in [-0.3, -0.25) is 4.79 Å². The Balaban J connectivity index is 1.51. The maximum Gasteiger partial charge on any atom is 0.250 e. The van der Waals surface area contributed by atoms with Crippen molar-refractivity contribution in [2.75, 3.05) is 26.1 Å². The molecule has 0 radical (unpaired) electrons. The van der Waals surface area contributed by atoms with Crippen molar-refractivity contribution in [1.29, 1.82) is 0 Å². The topological polar surface area (TPSA) is 94.9 Å². The quantitative estimate of drug-likeness (QED) is 0.161. The molecule has 1 aromatic heterocycles. The van der Waals surface area contributed by atoms with Crippen molar-refractivity contribution in [3.05, 3.63) is 57.0 Å². The van der Waals surface area contributed by atoms with Gasteiger partial charge >= 0.3 is 0 Å². The highest BCUT2D eigenvalue weighted by molar-refractivity contribution is 9.10. The van der Waals surface area contributed by atoms with Gasteiger partial charge in [0, 0.05) is 0 Å². The van der Waals surface area contributed by atoms with Crippen molar-refractivity contribution < 1.29 is 19.0 Å². The summed E-state index contributed by atoms with van der Waals surface area (Å²) < 4.78 is 18.5. The first-order chi connectivity index (χ1) is 16.0. The average molecular weight is 551 g/mol. The maximum atomic E-state index is 12.0. The molecule has 174 valence electrons. The van der Waals surface area contributed by atoms with Crippen LogP contribution >= 0.6 is 39.0 Å². The van der Waals surface area contributed by atoms with Gasteiger partial charge in [-0.25, -0.2) is 5.43 Å². The molecule has 0 saturated heterocycles. The molecule has 3 aromatic rings. The summed E-state index contributed by atoms with van der Waals surface area (Å²) >= 11 is 6.28. The first kappa shape index (κ1) is 25.0. The van der Waals surface area contributed by atoms with Gasteiger partial charge in [0.2, 0.25) is 0 Å². The number of methoxy groups -OCH3 is 1. The van der Waals surface area contributed by atoms with E-state index >= 15 is 0 Å². The Morgan fingerprint density at radius 2 is 1.97 bits per heavy atom. The molecule has 0 unspecified atom stereocenters. The minimum Gasteiger partial charge on any atom is -0.493 e. The van der Waals surface area contributed by atoms with Crippen molar-refractivity contribution in [2.45, 2.75) is 18.2 Å². The summed E-state index contributed by atoms with van der Waals surface area (Å²) in [5, 5.41) is 12.8. The monoisotopic (exact) mass is 550 g/mol. The number of hydrogen-bond acceptors (Lipinski definition) is 9. The minimum absolute atomic E-state index is 0.205. The Kier molecular flexibility index (Phi) is 9.52. The summed E-state index contributed by atoms with van der Waals surface area (Å²) in [6, 6.07) is 11.4. The standard InChI is InChI=1S/C22H23BrN4O4S2/c1-14-6-4-5-7-18(14)30-8-9-31-21-17(23)10-16(11-19(21)29-3)12-24-26-20(28)13-32-22-27-25-15(2)33-22/h4-7,10-12H,8-9,13H2,1-3H3,(H,26,28). The lowest BCUT2D eigenvalue weighted by atomic mass is 10.2. The van der Waals surface area contributed by atoms with Crippen molar-refractivity contribution >= 4 is 51.2 Å². The third-order valence-corrected chi connectivity index (χ3v) is 6.73. The molecule has 8 nitrogen and oxygen atoms in total. The molecule has 0 saturated carbocycles. The second-order valence-corrected chi connectivity index (χ2v) is 9.92. The molecule has 1 heterocycles. The van der Waals surface area contributed by atoms with Crippen LogP contribution in [-0.2, 0) is 4.79 Å². The molecule has 11 heteroatoms. The van der Waals surface area contributed by atoms with Crippen LogP contribution in [-0.4, -0.2) is 48.4 Å². The zero-order chi connectivity index (χ0) is 23.6. The first-order valence-corrected chi connectivity index (χ1v) is 12.5. The molecule has 2 aromatic carbocycles. The lowest BCUT2D eigenvalue weighted by molar-refractivity contribution is -0.118. The molecule has 0 aliphatic carbocycles. The highest BCUT2D eigenvalue weighted by atomic mass is 79.9. The number of aromatic nitrogens is 2. The Morgan fingerprint density at radius 1 is 1.18 bits per heavy atom. The number of ether oxygens (including phenoxy) is 3. The van der Waals surface area contributed by atoms with Crippen LogP contribution in [0.3, 0.4) is 0 Å². The molecule has 0 aliphatic rings. The number of nitrogens with zero attached hydrogens (tertiary/aromatic N) is 3. The number of hydrogen-bond donors (Lipinski definition) is 1. The van der Waals surface area contributed by atoms with Crippen molar-refractivity contribution in [1.82, 2.24) is 15.6 Å². The van der Waals surface area contributed by atoms with Crippen LogP contribution in [0, 0.1) is 13.8 Å². The third-order valence-electron chi connectivity index (χ3n) is 4.17. The molecule has 0 fully saturated rings. The van der Waals surface area contributed by atoms with Crippen molar-refractivity contribution in [3.63, 3.8) is 0 Å². The SMILES string of the molecule is COc1cc(C=NNC(=O)CSc2nnc(C)s2)cc(Br)c1OCCOc1ccccc1C. The molecule has 1 N–H and O–H groups in total. The van der Waals surface area contributed by atoms with E-state index in [0.29, 0.717) is 29.2 Å². The highest BCUT2D eigenvalue weighted by Crippen LogP contribution is 2.36. The van der Waals surface area contributed by atoms with E-state index in [1.165, 1.54) is 29.3 Å². The van der Waals surface area contributed by atoms with E-state index < -0.39 is 0 Å². The highest BCUT2D eigenvalue weighted by Gasteiger charge is 2.12. The van der Waals surface area contributed by atoms with E-state index in [1.807, 2.05) is 44.2 Å². The van der Waals surface area contributed by atoms with Crippen LogP contribution in [0.4, 0.5) is 0 Å². The molecule has 0 aliphatic heterocycles. The van der Waals surface area contributed by atoms with E-state index in [0.717, 1.165) is 26.2 Å². The summed E-state index contributed by atoms with van der Waals surface area (Å²) in [4.78, 5) is 12.0. The summed E-state index contributed by atoms with van der Waals surface area (Å²) in [5.41, 5.74) is 4.31. The number of rotatable bonds is 11. The zero-order valence-electron chi connectivity index (χ0n) is 18.3. The second-order valence-electron chi connectivity index (χ2n) is 6.67. The number of carbonyl (C=O) groups is 1. The molecule has 33 heavy (non-hydrogen) atoms. The van der Waals surface area contributed by atoms with E-state index in [4.69, 9.17) is 14.2 Å². The number of hydrazone groups is 1. The summed E-state index contributed by atoms with van der Waals surface area (Å²) in [5.74, 6) is 1.91. The number of amides is 1. The van der Waals surface area contributed by atoms with Crippen LogP contribution in [0.2, 0.25) is 0 Å². The van der Waals surface area contributed by atoms with Crippen LogP contribution < -0.4 is 19.6 Å². The van der Waals surface area contributed by atoms with E-state index in [-0.39, 0.29) is 11.7 Å². The molecular formula is C22H23BrN4O4S2. The largest absolute Gasteiger partial charge is 0.493 e. The fraction of sp³-hybridized carbons (Fsp3) is 0.273. The van der Waals surface area contributed by atoms with Gasteiger partial charge in [0.25, 0.3) is 5.91 Å². The number of carbonyl (C=O) groups excluding carboxylic acids is 1. The molecule has 1 amide bonds. The van der Waals surface area contributed by atoms with Crippen molar-refractivity contribution in [3.8, 4) is 17.2 Å². The van der Waals surface area contributed by atoms with Gasteiger partial charge in [-0.05, 0) is 59.1 Å². The van der Waals surface area contributed by atoms with Crippen LogP contribution in [0.15, 0.2) is 50.3 Å². The lowest BCUT2D eigenvalue weighted by Crippen LogP contribution is -2.19. The number of nitrogens with one attached hydrogen (secondary N) is 1. The normalized spacial score (nSPS) is 10.9. The van der Waals surface area contributed by atoms with Crippen LogP contribution in [0.1, 0.15) is 16.1 Å². The summed E-state index contributed by atoms with van der Waals surface area (Å²) in [6.07, 6.45) is 1.54. The van der Waals surface area contributed by atoms with Gasteiger partial charge in [-0.15, -0.1) is 10.2 Å². The number of para-hydroxylation sites is 1. The molecule has 3 rings (SSSR count). The van der Waals surface area contributed by atoms with Gasteiger partial charge < -0.3 is 14.2 Å². The van der Waals surface area contributed by atoms with Gasteiger partial charge in [0.15, 0.2) is 15.8 Å². The minimum atomic E-state index is -0.233. The van der Waals surface area contributed by atoms with Crippen LogP contribution in [0.25, 0.3) is 0 Å². The third kappa shape index (κ3) is 7.72. The smallest absolute Gasteiger partial charge is 0.250 e. The van der Waals surface area contributed by atoms with Gasteiger partial charge in [0.05, 0.1) is 23.5 Å². The predicted molar refractivity (Wildman–Crippen MR) is 134 cm³/mol. The lowest BCUT2D eigenvalue weighted by Gasteiger charge is -2.14. The van der Waals surface area contributed by atoms with E-state index in [1.54, 1.807) is 13.2 Å². The van der Waals surface area contributed by atoms with Crippen molar-refractivity contribution in [2.24, 2.45) is 5.10 Å². The second kappa shape index (κ2) is 12.6. The van der Waals surface area contributed by atoms with Gasteiger partial charge in [0.1, 0.15) is 24.0 Å². The molecular weight excluding hydrogens is 528 g/mol. The number of halogens is 1. The summed E-state index contributed by atoms with van der Waals surface area (Å²) in [6.45, 7) is 4.60. The molecule has 0 atom stereocenters. The molecule has 0 bridgehead atoms. The number of aryl methyl sites for hydroxylation is 2. The maximum absolute atomic E-state index is 12.0. The Hall–Kier alpha value is -2.63. The Morgan fingerprint density at radius 3 is 2.70 bits per heavy atom. The fourth-order valence-corrected chi connectivity index (χ4v) is 4.83. The number of thioether (sulfide) groups is 1. The number of benzene rings is 2. The molecule has 0 spiro atoms. The van der Waals surface area contributed by atoms with E-state index in [2.05, 4.69) is 36.7 Å². The van der Waals surface area contributed by atoms with Crippen LogP contribution in [0.5, 0.6) is 17.2 Å². The summed E-state index contributed by atoms with van der Waals surface area (Å²) in [7, 11) is 1.56. The first-order valence-electron chi connectivity index (χ1n) is 9.90. The van der Waals surface area contributed by atoms with E-state index in [9.17, 15) is 4.79 Å². The van der Waals surface area contributed by atoms with Gasteiger partial charge in [-0.1, -0.05) is 41.3 Å². The van der Waals surface area contributed by atoms with Gasteiger partial charge in [-0.2, -0.15) is 5.10 Å². The average Bonchev–Trinajstić information content (AvgIpc) is 3.22.